The number of benzene rings is 8. The Labute approximate surface area is 302 Å². The minimum absolute atomic E-state index is 0.639. The molecule has 3 heterocycles. The highest BCUT2D eigenvalue weighted by Crippen LogP contribution is 2.43. The zero-order valence-electron chi connectivity index (χ0n) is 27.7. The summed E-state index contributed by atoms with van der Waals surface area (Å²) in [5.74, 6) is 1.93. The lowest BCUT2D eigenvalue weighted by Crippen LogP contribution is -2.00. The summed E-state index contributed by atoms with van der Waals surface area (Å²) in [6.07, 6.45) is 0. The maximum absolute atomic E-state index is 6.46. The molecule has 11 aromatic rings. The van der Waals surface area contributed by atoms with E-state index in [9.17, 15) is 0 Å². The van der Waals surface area contributed by atoms with Crippen molar-refractivity contribution in [2.24, 2.45) is 0 Å². The van der Waals surface area contributed by atoms with Gasteiger partial charge in [0.05, 0.1) is 0 Å². The Morgan fingerprint density at radius 2 is 1.02 bits per heavy atom. The fraction of sp³-hybridized carbons (Fsp3) is 0. The molecule has 0 amide bonds. The van der Waals surface area contributed by atoms with E-state index in [1.807, 2.05) is 29.5 Å². The summed E-state index contributed by atoms with van der Waals surface area (Å²) >= 11 is 1.81. The SMILES string of the molecule is c1ccc(-c2nc(-c3ccc4sc5ccccc5c4c3)nc(-c3ccc(-c4cccc5oc6cc7ccccc7cc6c45)c4ccccc34)n2)cc1. The van der Waals surface area contributed by atoms with Crippen LogP contribution in [0.25, 0.3) is 109 Å². The van der Waals surface area contributed by atoms with Gasteiger partial charge >= 0.3 is 0 Å². The van der Waals surface area contributed by atoms with Gasteiger partial charge in [0, 0.05) is 47.6 Å². The molecule has 8 aromatic carbocycles. The van der Waals surface area contributed by atoms with Gasteiger partial charge in [-0.15, -0.1) is 11.3 Å². The second-order valence-corrected chi connectivity index (χ2v) is 14.2. The van der Waals surface area contributed by atoms with Crippen LogP contribution in [0.1, 0.15) is 0 Å². The van der Waals surface area contributed by atoms with Crippen molar-refractivity contribution in [1.82, 2.24) is 15.0 Å². The molecule has 0 saturated heterocycles. The second-order valence-electron chi connectivity index (χ2n) is 13.2. The van der Waals surface area contributed by atoms with Crippen LogP contribution >= 0.6 is 11.3 Å². The van der Waals surface area contributed by atoms with E-state index in [-0.39, 0.29) is 0 Å². The Hall–Kier alpha value is -6.69. The zero-order valence-corrected chi connectivity index (χ0v) is 28.6. The van der Waals surface area contributed by atoms with Gasteiger partial charge in [-0.05, 0) is 81.2 Å². The third-order valence-electron chi connectivity index (χ3n) is 10.1. The predicted molar refractivity (Wildman–Crippen MR) is 217 cm³/mol. The molecule has 11 rings (SSSR count). The minimum atomic E-state index is 0.639. The molecule has 0 saturated carbocycles. The Bertz CT molecular complexity index is 3200. The Morgan fingerprint density at radius 1 is 0.365 bits per heavy atom. The molecule has 0 bridgehead atoms. The maximum Gasteiger partial charge on any atom is 0.164 e. The molecule has 0 atom stereocenters. The van der Waals surface area contributed by atoms with Gasteiger partial charge in [-0.1, -0.05) is 115 Å². The molecule has 0 spiro atoms. The maximum atomic E-state index is 6.46. The molecule has 0 aliphatic rings. The van der Waals surface area contributed by atoms with E-state index in [0.29, 0.717) is 17.5 Å². The number of fused-ring (bicyclic) bond motifs is 8. The first kappa shape index (κ1) is 29.1. The van der Waals surface area contributed by atoms with Crippen molar-refractivity contribution < 1.29 is 4.42 Å². The molecule has 4 nitrogen and oxygen atoms in total. The lowest BCUT2D eigenvalue weighted by atomic mass is 9.92. The third kappa shape index (κ3) is 4.57. The number of rotatable bonds is 4. The average molecular weight is 682 g/mol. The molecule has 0 fully saturated rings. The molecular weight excluding hydrogens is 655 g/mol. The van der Waals surface area contributed by atoms with Crippen LogP contribution in [0.5, 0.6) is 0 Å². The molecular formula is C47H27N3OS. The number of hydrogen-bond acceptors (Lipinski definition) is 5. The fourth-order valence-corrected chi connectivity index (χ4v) is 8.76. The number of thiophene rings is 1. The van der Waals surface area contributed by atoms with Crippen LogP contribution in [0.2, 0.25) is 0 Å². The summed E-state index contributed by atoms with van der Waals surface area (Å²) in [7, 11) is 0. The largest absolute Gasteiger partial charge is 0.456 e. The van der Waals surface area contributed by atoms with Crippen molar-refractivity contribution in [1.29, 1.82) is 0 Å². The number of aromatic nitrogens is 3. The quantitative estimate of drug-likeness (QED) is 0.185. The first-order valence-electron chi connectivity index (χ1n) is 17.3. The molecule has 52 heavy (non-hydrogen) atoms. The molecule has 0 aliphatic carbocycles. The standard InChI is InChI=1S/C47H27N3OS/c1-2-11-28(12-3-1)45-48-46(31-21-24-43-38(26-31)35-17-8-9-20-42(35)52-43)50-47(49-45)37-23-22-34(32-15-6-7-16-33(32)37)36-18-10-19-40-44(36)39-25-29-13-4-5-14-30(29)27-41(39)51-40/h1-27H. The van der Waals surface area contributed by atoms with E-state index < -0.39 is 0 Å². The van der Waals surface area contributed by atoms with Gasteiger partial charge in [-0.3, -0.25) is 0 Å². The molecule has 0 radical (unpaired) electrons. The Morgan fingerprint density at radius 3 is 1.87 bits per heavy atom. The summed E-state index contributed by atoms with van der Waals surface area (Å²) < 4.78 is 8.98. The molecule has 0 unspecified atom stereocenters. The Balaban J connectivity index is 1.13. The van der Waals surface area contributed by atoms with Gasteiger partial charge in [0.25, 0.3) is 0 Å². The third-order valence-corrected chi connectivity index (χ3v) is 11.3. The summed E-state index contributed by atoms with van der Waals surface area (Å²) in [5, 5.41) is 9.25. The van der Waals surface area contributed by atoms with Crippen LogP contribution < -0.4 is 0 Å². The summed E-state index contributed by atoms with van der Waals surface area (Å²) in [5.41, 5.74) is 6.89. The van der Waals surface area contributed by atoms with Gasteiger partial charge in [-0.2, -0.15) is 0 Å². The van der Waals surface area contributed by atoms with Gasteiger partial charge in [0.1, 0.15) is 11.2 Å². The first-order chi connectivity index (χ1) is 25.7. The van der Waals surface area contributed by atoms with Crippen LogP contribution in [0.4, 0.5) is 0 Å². The van der Waals surface area contributed by atoms with Crippen LogP contribution in [-0.2, 0) is 0 Å². The van der Waals surface area contributed by atoms with Gasteiger partial charge in [0.15, 0.2) is 17.5 Å². The number of hydrogen-bond donors (Lipinski definition) is 0. The van der Waals surface area contributed by atoms with Crippen molar-refractivity contribution in [3.8, 4) is 45.3 Å². The zero-order chi connectivity index (χ0) is 34.2. The molecule has 3 aromatic heterocycles. The van der Waals surface area contributed by atoms with E-state index in [2.05, 4.69) is 146 Å². The highest BCUT2D eigenvalue weighted by molar-refractivity contribution is 7.25. The van der Waals surface area contributed by atoms with E-state index in [4.69, 9.17) is 19.4 Å². The summed E-state index contributed by atoms with van der Waals surface area (Å²) in [6, 6.07) is 57.4. The predicted octanol–water partition coefficient (Wildman–Crippen LogP) is 13.1. The summed E-state index contributed by atoms with van der Waals surface area (Å²) in [4.78, 5) is 15.4. The van der Waals surface area contributed by atoms with Gasteiger partial charge < -0.3 is 4.42 Å². The number of furan rings is 1. The van der Waals surface area contributed by atoms with Crippen LogP contribution in [-0.4, -0.2) is 15.0 Å². The van der Waals surface area contributed by atoms with E-state index >= 15 is 0 Å². The van der Waals surface area contributed by atoms with Crippen LogP contribution in [0, 0.1) is 0 Å². The van der Waals surface area contributed by atoms with Crippen molar-refractivity contribution in [3.05, 3.63) is 164 Å². The van der Waals surface area contributed by atoms with Crippen molar-refractivity contribution >= 4 is 75.0 Å². The minimum Gasteiger partial charge on any atom is -0.456 e. The number of nitrogens with zero attached hydrogens (tertiary/aromatic N) is 3. The van der Waals surface area contributed by atoms with Crippen molar-refractivity contribution in [3.63, 3.8) is 0 Å². The second kappa shape index (κ2) is 11.4. The topological polar surface area (TPSA) is 51.8 Å². The fourth-order valence-electron chi connectivity index (χ4n) is 7.67. The van der Waals surface area contributed by atoms with E-state index in [0.717, 1.165) is 60.5 Å². The Kier molecular flexibility index (Phi) is 6.39. The van der Waals surface area contributed by atoms with E-state index in [1.54, 1.807) is 0 Å². The van der Waals surface area contributed by atoms with Gasteiger partial charge in [-0.25, -0.2) is 15.0 Å². The molecule has 0 aliphatic heterocycles. The first-order valence-corrected chi connectivity index (χ1v) is 18.2. The summed E-state index contributed by atoms with van der Waals surface area (Å²) in [6.45, 7) is 0. The smallest absolute Gasteiger partial charge is 0.164 e. The monoisotopic (exact) mass is 681 g/mol. The lowest BCUT2D eigenvalue weighted by Gasteiger charge is -2.14. The molecule has 5 heteroatoms. The highest BCUT2D eigenvalue weighted by Gasteiger charge is 2.19. The van der Waals surface area contributed by atoms with Crippen LogP contribution in [0.3, 0.4) is 0 Å². The lowest BCUT2D eigenvalue weighted by molar-refractivity contribution is 0.669. The normalized spacial score (nSPS) is 11.8. The molecule has 242 valence electrons. The highest BCUT2D eigenvalue weighted by atomic mass is 32.1. The van der Waals surface area contributed by atoms with Crippen molar-refractivity contribution in [2.45, 2.75) is 0 Å². The van der Waals surface area contributed by atoms with E-state index in [1.165, 1.54) is 30.9 Å². The molecule has 0 N–H and O–H groups in total. The van der Waals surface area contributed by atoms with Crippen molar-refractivity contribution in [2.75, 3.05) is 0 Å². The van der Waals surface area contributed by atoms with Gasteiger partial charge in [0.2, 0.25) is 0 Å². The average Bonchev–Trinajstić information content (AvgIpc) is 3.77. The van der Waals surface area contributed by atoms with Crippen LogP contribution in [0.15, 0.2) is 168 Å².